The highest BCUT2D eigenvalue weighted by Crippen LogP contribution is 2.29. The van der Waals surface area contributed by atoms with Gasteiger partial charge in [0, 0.05) is 24.7 Å². The van der Waals surface area contributed by atoms with E-state index in [1.807, 2.05) is 0 Å². The molecule has 3 N–H and O–H groups in total. The summed E-state index contributed by atoms with van der Waals surface area (Å²) in [4.78, 5) is 26.0. The Labute approximate surface area is 156 Å². The highest BCUT2D eigenvalue weighted by molar-refractivity contribution is 5.96. The van der Waals surface area contributed by atoms with Gasteiger partial charge in [0.25, 0.3) is 5.91 Å². The molecule has 26 heavy (non-hydrogen) atoms. The van der Waals surface area contributed by atoms with Crippen LogP contribution in [0.15, 0.2) is 24.3 Å². The van der Waals surface area contributed by atoms with E-state index in [1.165, 1.54) is 0 Å². The van der Waals surface area contributed by atoms with E-state index in [4.69, 9.17) is 5.73 Å². The molecule has 0 saturated carbocycles. The maximum Gasteiger partial charge on any atom is 0.416 e. The molecule has 1 aliphatic heterocycles. The molecule has 0 aliphatic carbocycles. The average molecular weight is 394 g/mol. The highest BCUT2D eigenvalue weighted by Gasteiger charge is 2.31. The summed E-state index contributed by atoms with van der Waals surface area (Å²) >= 11 is 0. The molecule has 2 unspecified atom stereocenters. The van der Waals surface area contributed by atoms with Gasteiger partial charge in [-0.05, 0) is 43.0 Å². The Morgan fingerprint density at radius 3 is 2.42 bits per heavy atom. The number of piperidine rings is 1. The van der Waals surface area contributed by atoms with Crippen molar-refractivity contribution >= 4 is 24.2 Å². The molecule has 1 saturated heterocycles. The Hall–Kier alpha value is -1.80. The summed E-state index contributed by atoms with van der Waals surface area (Å²) in [5.74, 6) is -0.321. The summed E-state index contributed by atoms with van der Waals surface area (Å²) in [6.45, 7) is 2.86. The van der Waals surface area contributed by atoms with Crippen LogP contribution in [0.4, 0.5) is 13.2 Å². The minimum absolute atomic E-state index is 0. The van der Waals surface area contributed by atoms with E-state index in [2.05, 4.69) is 12.2 Å². The van der Waals surface area contributed by atoms with Gasteiger partial charge in [-0.1, -0.05) is 6.92 Å². The molecule has 2 rings (SSSR count). The second-order valence-corrected chi connectivity index (χ2v) is 6.36. The van der Waals surface area contributed by atoms with Crippen molar-refractivity contribution in [3.05, 3.63) is 35.4 Å². The zero-order valence-corrected chi connectivity index (χ0v) is 15.2. The first kappa shape index (κ1) is 22.2. The van der Waals surface area contributed by atoms with Crippen LogP contribution in [0.2, 0.25) is 0 Å². The highest BCUT2D eigenvalue weighted by atomic mass is 35.5. The number of nitrogens with one attached hydrogen (secondary N) is 1. The largest absolute Gasteiger partial charge is 0.416 e. The monoisotopic (exact) mass is 393 g/mol. The predicted molar refractivity (Wildman–Crippen MR) is 94.0 cm³/mol. The van der Waals surface area contributed by atoms with Crippen molar-refractivity contribution in [1.29, 1.82) is 0 Å². The number of likely N-dealkylation sites (tertiary alicyclic amines) is 1. The zero-order chi connectivity index (χ0) is 18.6. The summed E-state index contributed by atoms with van der Waals surface area (Å²) < 4.78 is 37.6. The molecule has 2 amide bonds. The number of halogens is 4. The fourth-order valence-electron chi connectivity index (χ4n) is 2.97. The molecular weight excluding hydrogens is 371 g/mol. The van der Waals surface area contributed by atoms with Gasteiger partial charge >= 0.3 is 6.18 Å². The van der Waals surface area contributed by atoms with Gasteiger partial charge in [0.1, 0.15) is 0 Å². The summed E-state index contributed by atoms with van der Waals surface area (Å²) in [7, 11) is 0. The predicted octanol–water partition coefficient (Wildman–Crippen LogP) is 2.44. The quantitative estimate of drug-likeness (QED) is 0.825. The molecule has 1 heterocycles. The summed E-state index contributed by atoms with van der Waals surface area (Å²) in [6.07, 6.45) is -2.74. The van der Waals surface area contributed by atoms with Crippen molar-refractivity contribution in [2.45, 2.75) is 32.0 Å². The lowest BCUT2D eigenvalue weighted by Gasteiger charge is -2.38. The number of nitrogens with zero attached hydrogens (tertiary/aromatic N) is 1. The molecule has 2 atom stereocenters. The van der Waals surface area contributed by atoms with Crippen molar-refractivity contribution in [3.8, 4) is 0 Å². The Bertz CT molecular complexity index is 623. The molecular formula is C17H23ClF3N3O2. The summed E-state index contributed by atoms with van der Waals surface area (Å²) in [5.41, 5.74) is 4.96. The van der Waals surface area contributed by atoms with Gasteiger partial charge in [0.15, 0.2) is 0 Å². The standard InChI is InChI=1S/C17H22F3N3O2.ClH/c1-11-6-7-23(14(8-11)9-21)15(24)10-22-16(25)12-2-4-13(5-3-12)17(18,19)20;/h2-5,11,14H,6-10,21H2,1H3,(H,22,25);1H. The van der Waals surface area contributed by atoms with E-state index >= 15 is 0 Å². The maximum atomic E-state index is 12.5. The molecule has 0 bridgehead atoms. The normalized spacial score (nSPS) is 20.3. The molecule has 0 spiro atoms. The minimum Gasteiger partial charge on any atom is -0.343 e. The van der Waals surface area contributed by atoms with Crippen molar-refractivity contribution in [1.82, 2.24) is 10.2 Å². The van der Waals surface area contributed by atoms with Crippen LogP contribution in [0.1, 0.15) is 35.7 Å². The first-order valence-electron chi connectivity index (χ1n) is 8.17. The second-order valence-electron chi connectivity index (χ2n) is 6.36. The van der Waals surface area contributed by atoms with Crippen LogP contribution in [0.25, 0.3) is 0 Å². The van der Waals surface area contributed by atoms with Gasteiger partial charge in [-0.2, -0.15) is 13.2 Å². The Kier molecular flexibility index (Phi) is 7.89. The lowest BCUT2D eigenvalue weighted by Crippen LogP contribution is -2.52. The van der Waals surface area contributed by atoms with E-state index in [9.17, 15) is 22.8 Å². The van der Waals surface area contributed by atoms with Gasteiger partial charge < -0.3 is 16.0 Å². The Balaban J connectivity index is 0.00000338. The first-order valence-corrected chi connectivity index (χ1v) is 8.17. The molecule has 1 fully saturated rings. The summed E-state index contributed by atoms with van der Waals surface area (Å²) in [5, 5.41) is 2.46. The molecule has 0 radical (unpaired) electrons. The fourth-order valence-corrected chi connectivity index (χ4v) is 2.97. The lowest BCUT2D eigenvalue weighted by molar-refractivity contribution is -0.137. The van der Waals surface area contributed by atoms with Gasteiger partial charge in [-0.25, -0.2) is 0 Å². The van der Waals surface area contributed by atoms with E-state index in [0.29, 0.717) is 19.0 Å². The van der Waals surface area contributed by atoms with Crippen molar-refractivity contribution in [2.24, 2.45) is 11.7 Å². The van der Waals surface area contributed by atoms with Crippen LogP contribution in [-0.2, 0) is 11.0 Å². The number of carbonyl (C=O) groups is 2. The molecule has 1 aliphatic rings. The number of alkyl halides is 3. The van der Waals surface area contributed by atoms with Crippen LogP contribution in [-0.4, -0.2) is 42.4 Å². The van der Waals surface area contributed by atoms with Gasteiger partial charge in [-0.3, -0.25) is 9.59 Å². The fraction of sp³-hybridized carbons (Fsp3) is 0.529. The van der Waals surface area contributed by atoms with E-state index in [0.717, 1.165) is 37.1 Å². The number of nitrogens with two attached hydrogens (primary N) is 1. The lowest BCUT2D eigenvalue weighted by atomic mass is 9.92. The Morgan fingerprint density at radius 1 is 1.27 bits per heavy atom. The average Bonchev–Trinajstić information content (AvgIpc) is 2.58. The molecule has 1 aromatic carbocycles. The number of hydrogen-bond donors (Lipinski definition) is 2. The van der Waals surface area contributed by atoms with Crippen molar-refractivity contribution in [2.75, 3.05) is 19.6 Å². The number of hydrogen-bond acceptors (Lipinski definition) is 3. The Morgan fingerprint density at radius 2 is 1.88 bits per heavy atom. The molecule has 1 aromatic rings. The molecule has 5 nitrogen and oxygen atoms in total. The number of rotatable bonds is 4. The smallest absolute Gasteiger partial charge is 0.343 e. The third-order valence-electron chi connectivity index (χ3n) is 4.45. The van der Waals surface area contributed by atoms with E-state index in [-0.39, 0.29) is 36.5 Å². The van der Waals surface area contributed by atoms with Crippen LogP contribution in [0.5, 0.6) is 0 Å². The topological polar surface area (TPSA) is 75.4 Å². The van der Waals surface area contributed by atoms with Crippen molar-refractivity contribution < 1.29 is 22.8 Å². The first-order chi connectivity index (χ1) is 11.7. The van der Waals surface area contributed by atoms with E-state index in [1.54, 1.807) is 4.90 Å². The number of amides is 2. The third kappa shape index (κ3) is 5.60. The maximum absolute atomic E-state index is 12.5. The summed E-state index contributed by atoms with van der Waals surface area (Å²) in [6, 6.07) is 3.82. The van der Waals surface area contributed by atoms with Crippen LogP contribution in [0, 0.1) is 5.92 Å². The number of carbonyl (C=O) groups excluding carboxylic acids is 2. The van der Waals surface area contributed by atoms with Crippen LogP contribution >= 0.6 is 12.4 Å². The SMILES string of the molecule is CC1CCN(C(=O)CNC(=O)c2ccc(C(F)(F)F)cc2)C(CN)C1.Cl. The van der Waals surface area contributed by atoms with Crippen LogP contribution < -0.4 is 11.1 Å². The van der Waals surface area contributed by atoms with Gasteiger partial charge in [0.2, 0.25) is 5.91 Å². The molecule has 0 aromatic heterocycles. The molecule has 146 valence electrons. The van der Waals surface area contributed by atoms with Crippen LogP contribution in [0.3, 0.4) is 0 Å². The second kappa shape index (κ2) is 9.23. The van der Waals surface area contributed by atoms with Gasteiger partial charge in [0.05, 0.1) is 12.1 Å². The van der Waals surface area contributed by atoms with E-state index < -0.39 is 17.6 Å². The zero-order valence-electron chi connectivity index (χ0n) is 14.4. The number of benzene rings is 1. The van der Waals surface area contributed by atoms with Crippen molar-refractivity contribution in [3.63, 3.8) is 0 Å². The minimum atomic E-state index is -4.45. The van der Waals surface area contributed by atoms with Gasteiger partial charge in [-0.15, -0.1) is 12.4 Å². The molecule has 9 heteroatoms. The third-order valence-corrected chi connectivity index (χ3v) is 4.45.